The molecule has 4 aromatic rings. The number of amides is 1. The molecule has 1 heterocycles. The average molecular weight is 495 g/mol. The van der Waals surface area contributed by atoms with Gasteiger partial charge in [-0.25, -0.2) is 0 Å². The molecular weight excluding hydrogens is 468 g/mol. The van der Waals surface area contributed by atoms with Crippen molar-refractivity contribution in [2.75, 3.05) is 11.1 Å². The molecule has 0 spiro atoms. The highest BCUT2D eigenvalue weighted by Gasteiger charge is 2.20. The molecule has 3 aromatic carbocycles. The van der Waals surface area contributed by atoms with Crippen LogP contribution in [0.25, 0.3) is 10.8 Å². The van der Waals surface area contributed by atoms with Crippen LogP contribution in [0.15, 0.2) is 59.8 Å². The summed E-state index contributed by atoms with van der Waals surface area (Å²) in [5, 5.41) is 15.2. The van der Waals surface area contributed by atoms with Crippen molar-refractivity contribution in [3.63, 3.8) is 0 Å². The second-order valence-corrected chi connectivity index (χ2v) is 9.40. The van der Waals surface area contributed by atoms with E-state index in [0.717, 1.165) is 38.4 Å². The number of nitrogens with zero attached hydrogens (tertiary/aromatic N) is 3. The van der Waals surface area contributed by atoms with Gasteiger partial charge in [0.2, 0.25) is 5.91 Å². The summed E-state index contributed by atoms with van der Waals surface area (Å²) in [5.41, 5.74) is 2.74. The van der Waals surface area contributed by atoms with Gasteiger partial charge >= 0.3 is 0 Å². The number of hydrogen-bond acceptors (Lipinski definition) is 5. The molecule has 6 nitrogen and oxygen atoms in total. The van der Waals surface area contributed by atoms with Crippen LogP contribution in [0.5, 0.6) is 5.75 Å². The maximum Gasteiger partial charge on any atom is 0.234 e. The summed E-state index contributed by atoms with van der Waals surface area (Å²) in [4.78, 5) is 12.7. The van der Waals surface area contributed by atoms with Gasteiger partial charge in [-0.2, -0.15) is 0 Å². The fraction of sp³-hybridized carbons (Fsp3) is 0.269. The lowest BCUT2D eigenvalue weighted by Gasteiger charge is -2.17. The number of nitrogens with one attached hydrogen (secondary N) is 1. The number of fused-ring (bicyclic) bond motifs is 1. The van der Waals surface area contributed by atoms with Crippen molar-refractivity contribution in [2.24, 2.45) is 0 Å². The van der Waals surface area contributed by atoms with Gasteiger partial charge in [0.15, 0.2) is 17.1 Å². The summed E-state index contributed by atoms with van der Waals surface area (Å²) < 4.78 is 8.13. The zero-order valence-corrected chi connectivity index (χ0v) is 21.2. The van der Waals surface area contributed by atoms with Gasteiger partial charge in [0.1, 0.15) is 5.75 Å². The standard InChI is InChI=1S/C26H27ClN4O2S/c1-5-31-25(18(4)33-20-13-16(2)24(27)17(3)14-20)29-30-26(31)34-15-23(32)28-22-12-8-10-19-9-6-7-11-21(19)22/h6-14,18H,5,15H2,1-4H3,(H,28,32). The summed E-state index contributed by atoms with van der Waals surface area (Å²) in [7, 11) is 0. The van der Waals surface area contributed by atoms with Gasteiger partial charge in [0.25, 0.3) is 0 Å². The minimum atomic E-state index is -0.314. The van der Waals surface area contributed by atoms with Gasteiger partial charge in [-0.1, -0.05) is 59.8 Å². The van der Waals surface area contributed by atoms with E-state index in [1.54, 1.807) is 0 Å². The maximum atomic E-state index is 12.7. The van der Waals surface area contributed by atoms with Crippen LogP contribution in [0.1, 0.15) is 36.9 Å². The van der Waals surface area contributed by atoms with Crippen LogP contribution in [-0.4, -0.2) is 26.4 Å². The van der Waals surface area contributed by atoms with E-state index in [0.29, 0.717) is 17.5 Å². The number of ether oxygens (including phenoxy) is 1. The normalized spacial score (nSPS) is 12.0. The number of carbonyl (C=O) groups excluding carboxylic acids is 1. The summed E-state index contributed by atoms with van der Waals surface area (Å²) in [6.07, 6.45) is -0.314. The molecule has 0 bridgehead atoms. The van der Waals surface area contributed by atoms with E-state index in [4.69, 9.17) is 16.3 Å². The largest absolute Gasteiger partial charge is 0.483 e. The second-order valence-electron chi connectivity index (χ2n) is 8.08. The molecule has 0 fully saturated rings. The van der Waals surface area contributed by atoms with Crippen molar-refractivity contribution in [1.29, 1.82) is 0 Å². The number of aryl methyl sites for hydroxylation is 2. The summed E-state index contributed by atoms with van der Waals surface area (Å²) in [6.45, 7) is 8.55. The molecular formula is C26H27ClN4O2S. The second kappa shape index (κ2) is 10.5. The summed E-state index contributed by atoms with van der Waals surface area (Å²) in [5.74, 6) is 1.59. The molecule has 0 aliphatic rings. The molecule has 0 saturated heterocycles. The van der Waals surface area contributed by atoms with Crippen LogP contribution in [0.2, 0.25) is 5.02 Å². The number of rotatable bonds is 8. The zero-order valence-electron chi connectivity index (χ0n) is 19.6. The zero-order chi connectivity index (χ0) is 24.2. The Morgan fingerprint density at radius 3 is 2.56 bits per heavy atom. The van der Waals surface area contributed by atoms with E-state index >= 15 is 0 Å². The molecule has 1 atom stereocenters. The number of aromatic nitrogens is 3. The van der Waals surface area contributed by atoms with Crippen LogP contribution in [-0.2, 0) is 11.3 Å². The highest BCUT2D eigenvalue weighted by Crippen LogP contribution is 2.30. The number of thioether (sulfide) groups is 1. The Hall–Kier alpha value is -3.03. The fourth-order valence-corrected chi connectivity index (χ4v) is 4.81. The van der Waals surface area contributed by atoms with E-state index in [9.17, 15) is 4.79 Å². The molecule has 4 rings (SSSR count). The van der Waals surface area contributed by atoms with Gasteiger partial charge < -0.3 is 14.6 Å². The fourth-order valence-electron chi connectivity index (χ4n) is 3.89. The first-order valence-corrected chi connectivity index (χ1v) is 12.5. The van der Waals surface area contributed by atoms with Crippen LogP contribution in [0.4, 0.5) is 5.69 Å². The number of hydrogen-bond donors (Lipinski definition) is 1. The monoisotopic (exact) mass is 494 g/mol. The number of halogens is 1. The quantitative estimate of drug-likeness (QED) is 0.280. The predicted molar refractivity (Wildman–Crippen MR) is 139 cm³/mol. The van der Waals surface area contributed by atoms with Crippen molar-refractivity contribution in [2.45, 2.75) is 45.5 Å². The smallest absolute Gasteiger partial charge is 0.234 e. The van der Waals surface area contributed by atoms with Crippen LogP contribution < -0.4 is 10.1 Å². The number of anilines is 1. The SMILES string of the molecule is CCn1c(SCC(=O)Nc2cccc3ccccc23)nnc1C(C)Oc1cc(C)c(Cl)c(C)c1. The van der Waals surface area contributed by atoms with Crippen molar-refractivity contribution < 1.29 is 9.53 Å². The minimum Gasteiger partial charge on any atom is -0.483 e. The third-order valence-corrected chi connectivity index (χ3v) is 7.11. The van der Waals surface area contributed by atoms with Gasteiger partial charge in [-0.3, -0.25) is 4.79 Å². The third kappa shape index (κ3) is 5.21. The van der Waals surface area contributed by atoms with Gasteiger partial charge in [-0.15, -0.1) is 10.2 Å². The van der Waals surface area contributed by atoms with E-state index < -0.39 is 0 Å². The Balaban J connectivity index is 1.43. The Bertz CT molecular complexity index is 1310. The van der Waals surface area contributed by atoms with Crippen molar-refractivity contribution >= 4 is 45.7 Å². The van der Waals surface area contributed by atoms with Crippen LogP contribution in [0.3, 0.4) is 0 Å². The van der Waals surface area contributed by atoms with Crippen LogP contribution in [0, 0.1) is 13.8 Å². The van der Waals surface area contributed by atoms with Gasteiger partial charge in [-0.05, 0) is 62.4 Å². The molecule has 0 radical (unpaired) electrons. The predicted octanol–water partition coefficient (Wildman–Crippen LogP) is 6.59. The maximum absolute atomic E-state index is 12.7. The van der Waals surface area contributed by atoms with E-state index in [1.165, 1.54) is 11.8 Å². The average Bonchev–Trinajstić information content (AvgIpc) is 3.24. The number of benzene rings is 3. The van der Waals surface area contributed by atoms with Crippen LogP contribution >= 0.6 is 23.4 Å². The Morgan fingerprint density at radius 1 is 1.12 bits per heavy atom. The Kier molecular flexibility index (Phi) is 7.44. The highest BCUT2D eigenvalue weighted by molar-refractivity contribution is 7.99. The molecule has 0 aliphatic carbocycles. The first kappa shape index (κ1) is 24.1. The van der Waals surface area contributed by atoms with E-state index in [2.05, 4.69) is 15.5 Å². The summed E-state index contributed by atoms with van der Waals surface area (Å²) >= 11 is 7.64. The van der Waals surface area contributed by atoms with E-state index in [1.807, 2.05) is 86.9 Å². The van der Waals surface area contributed by atoms with Crippen molar-refractivity contribution in [3.05, 3.63) is 76.6 Å². The topological polar surface area (TPSA) is 69.0 Å². The lowest BCUT2D eigenvalue weighted by molar-refractivity contribution is -0.113. The molecule has 34 heavy (non-hydrogen) atoms. The number of carbonyl (C=O) groups is 1. The molecule has 8 heteroatoms. The molecule has 176 valence electrons. The lowest BCUT2D eigenvalue weighted by atomic mass is 10.1. The molecule has 1 amide bonds. The van der Waals surface area contributed by atoms with E-state index in [-0.39, 0.29) is 17.8 Å². The minimum absolute atomic E-state index is 0.0926. The first-order valence-electron chi connectivity index (χ1n) is 11.1. The van der Waals surface area contributed by atoms with Gasteiger partial charge in [0.05, 0.1) is 5.75 Å². The molecule has 1 aromatic heterocycles. The molecule has 0 aliphatic heterocycles. The van der Waals surface area contributed by atoms with Crippen molar-refractivity contribution in [1.82, 2.24) is 14.8 Å². The molecule has 1 N–H and O–H groups in total. The third-order valence-electron chi connectivity index (χ3n) is 5.54. The molecule has 1 unspecified atom stereocenters. The first-order chi connectivity index (χ1) is 16.4. The van der Waals surface area contributed by atoms with Crippen molar-refractivity contribution in [3.8, 4) is 5.75 Å². The Morgan fingerprint density at radius 2 is 1.82 bits per heavy atom. The highest BCUT2D eigenvalue weighted by atomic mass is 35.5. The lowest BCUT2D eigenvalue weighted by Crippen LogP contribution is -2.15. The summed E-state index contributed by atoms with van der Waals surface area (Å²) in [6, 6.07) is 17.7. The Labute approximate surface area is 208 Å². The van der Waals surface area contributed by atoms with Gasteiger partial charge in [0, 0.05) is 22.6 Å². The molecule has 0 saturated carbocycles.